The topological polar surface area (TPSA) is 83.8 Å². The molecule has 2 aliphatic rings. The molecule has 0 amide bonds. The molecule has 4 rings (SSSR count). The molecule has 0 aromatic heterocycles. The maximum Gasteiger partial charge on any atom is 0.189 e. The van der Waals surface area contributed by atoms with E-state index >= 15 is 4.39 Å². The van der Waals surface area contributed by atoms with Gasteiger partial charge in [-0.25, -0.2) is 17.2 Å². The molecule has 1 saturated carbocycles. The van der Waals surface area contributed by atoms with Crippen LogP contribution in [0.2, 0.25) is 5.02 Å². The van der Waals surface area contributed by atoms with Crippen LogP contribution in [0.25, 0.3) is 0 Å². The van der Waals surface area contributed by atoms with Crippen LogP contribution in [-0.4, -0.2) is 31.3 Å². The molecule has 0 saturated heterocycles. The highest BCUT2D eigenvalue weighted by molar-refractivity contribution is 7.92. The van der Waals surface area contributed by atoms with Gasteiger partial charge in [0.05, 0.1) is 29.4 Å². The lowest BCUT2D eigenvalue weighted by molar-refractivity contribution is 0.0894. The summed E-state index contributed by atoms with van der Waals surface area (Å²) in [5, 5.41) is 20.3. The van der Waals surface area contributed by atoms with Crippen LogP contribution < -0.4 is 4.74 Å². The van der Waals surface area contributed by atoms with E-state index < -0.39 is 49.6 Å². The molecule has 9 heteroatoms. The van der Waals surface area contributed by atoms with Crippen molar-refractivity contribution in [2.45, 2.75) is 28.6 Å². The van der Waals surface area contributed by atoms with Crippen molar-refractivity contribution in [3.05, 3.63) is 70.5 Å². The standard InChI is InChI=1S/C20H17ClF2O5S/c21-11-1-3-12(4-2-11)29(26,27)20-8-7-17(25)13(9-24)14(20)10-28-19-16(23)6-5-15(22)18(19)20/h1-6,9,14,17,24-25H,7-8,10H2/b13-9-/t14-,17+,20-/m0/s1. The lowest BCUT2D eigenvalue weighted by Gasteiger charge is -2.49. The van der Waals surface area contributed by atoms with E-state index in [1.807, 2.05) is 0 Å². The summed E-state index contributed by atoms with van der Waals surface area (Å²) in [4.78, 5) is -0.128. The Kier molecular flexibility index (Phi) is 4.83. The van der Waals surface area contributed by atoms with Gasteiger partial charge < -0.3 is 14.9 Å². The lowest BCUT2D eigenvalue weighted by atomic mass is 9.69. The fraction of sp³-hybridized carbons (Fsp3) is 0.300. The summed E-state index contributed by atoms with van der Waals surface area (Å²) in [6.45, 7) is -0.344. The minimum absolute atomic E-state index is 0.00287. The first-order chi connectivity index (χ1) is 13.7. The van der Waals surface area contributed by atoms with E-state index in [1.165, 1.54) is 24.3 Å². The number of rotatable bonds is 2. The van der Waals surface area contributed by atoms with Crippen molar-refractivity contribution < 1.29 is 32.1 Å². The molecule has 0 unspecified atom stereocenters. The van der Waals surface area contributed by atoms with Crippen molar-refractivity contribution in [2.75, 3.05) is 6.61 Å². The Morgan fingerprint density at radius 3 is 2.45 bits per heavy atom. The zero-order valence-electron chi connectivity index (χ0n) is 15.0. The fourth-order valence-electron chi connectivity index (χ4n) is 4.41. The van der Waals surface area contributed by atoms with E-state index in [2.05, 4.69) is 0 Å². The van der Waals surface area contributed by atoms with Gasteiger partial charge in [0.2, 0.25) is 0 Å². The van der Waals surface area contributed by atoms with Crippen molar-refractivity contribution in [2.24, 2.45) is 5.92 Å². The van der Waals surface area contributed by atoms with Gasteiger partial charge in [0.1, 0.15) is 10.6 Å². The molecular weight excluding hydrogens is 426 g/mol. The van der Waals surface area contributed by atoms with Gasteiger partial charge in [0.15, 0.2) is 21.4 Å². The van der Waals surface area contributed by atoms with Gasteiger partial charge in [-0.15, -0.1) is 0 Å². The number of aliphatic hydroxyl groups excluding tert-OH is 2. The minimum atomic E-state index is -4.33. The first-order valence-electron chi connectivity index (χ1n) is 8.87. The van der Waals surface area contributed by atoms with Crippen molar-refractivity contribution >= 4 is 21.4 Å². The zero-order chi connectivity index (χ0) is 21.0. The summed E-state index contributed by atoms with van der Waals surface area (Å²) >= 11 is 5.88. The first-order valence-corrected chi connectivity index (χ1v) is 10.7. The Balaban J connectivity index is 2.07. The number of hydrogen-bond donors (Lipinski definition) is 2. The molecule has 0 spiro atoms. The van der Waals surface area contributed by atoms with Gasteiger partial charge in [0, 0.05) is 16.5 Å². The maximum absolute atomic E-state index is 15.0. The van der Waals surface area contributed by atoms with Gasteiger partial charge in [-0.2, -0.15) is 0 Å². The van der Waals surface area contributed by atoms with Gasteiger partial charge in [-0.1, -0.05) is 11.6 Å². The van der Waals surface area contributed by atoms with E-state index in [4.69, 9.17) is 16.3 Å². The molecule has 0 radical (unpaired) electrons. The molecule has 2 aromatic rings. The number of ether oxygens (including phenoxy) is 1. The third-order valence-electron chi connectivity index (χ3n) is 5.77. The Morgan fingerprint density at radius 1 is 1.14 bits per heavy atom. The number of halogens is 3. The second-order valence-electron chi connectivity index (χ2n) is 7.13. The van der Waals surface area contributed by atoms with Crippen LogP contribution in [0.1, 0.15) is 18.4 Å². The van der Waals surface area contributed by atoms with Gasteiger partial charge in [0.25, 0.3) is 0 Å². The smallest absolute Gasteiger partial charge is 0.189 e. The predicted molar refractivity (Wildman–Crippen MR) is 102 cm³/mol. The first kappa shape index (κ1) is 20.1. The summed E-state index contributed by atoms with van der Waals surface area (Å²) in [5.41, 5.74) is -0.418. The van der Waals surface area contributed by atoms with E-state index in [1.54, 1.807) is 0 Å². The van der Waals surface area contributed by atoms with Crippen molar-refractivity contribution in [3.63, 3.8) is 0 Å². The van der Waals surface area contributed by atoms with Crippen LogP contribution in [-0.2, 0) is 14.6 Å². The third kappa shape index (κ3) is 2.77. The number of aliphatic hydroxyl groups is 2. The predicted octanol–water partition coefficient (Wildman–Crippen LogP) is 3.89. The molecule has 1 aliphatic heterocycles. The minimum Gasteiger partial charge on any atom is -0.516 e. The average molecular weight is 443 g/mol. The molecular formula is C20H17ClF2O5S. The molecule has 0 bridgehead atoms. The normalized spacial score (nSPS) is 27.8. The molecule has 1 fully saturated rings. The van der Waals surface area contributed by atoms with Crippen LogP contribution in [0, 0.1) is 17.6 Å². The van der Waals surface area contributed by atoms with Crippen LogP contribution in [0.15, 0.2) is 53.1 Å². The van der Waals surface area contributed by atoms with Crippen molar-refractivity contribution in [1.82, 2.24) is 0 Å². The number of benzene rings is 2. The SMILES string of the molecule is O=S(=O)(c1ccc(Cl)cc1)[C@@]12CC[C@@H](O)/C(=C\O)[C@@H]1COc1c(F)ccc(F)c12. The fourth-order valence-corrected chi connectivity index (χ4v) is 6.88. The highest BCUT2D eigenvalue weighted by atomic mass is 35.5. The second kappa shape index (κ2) is 6.97. The van der Waals surface area contributed by atoms with E-state index in [0.717, 1.165) is 12.1 Å². The van der Waals surface area contributed by atoms with E-state index in [0.29, 0.717) is 11.3 Å². The Hall–Kier alpha value is -2.16. The second-order valence-corrected chi connectivity index (χ2v) is 9.77. The summed E-state index contributed by atoms with van der Waals surface area (Å²) in [6, 6.07) is 7.10. The van der Waals surface area contributed by atoms with Gasteiger partial charge in [-0.05, 0) is 49.2 Å². The number of sulfone groups is 1. The molecule has 3 atom stereocenters. The monoisotopic (exact) mass is 442 g/mol. The van der Waals surface area contributed by atoms with Crippen LogP contribution in [0.4, 0.5) is 8.78 Å². The largest absolute Gasteiger partial charge is 0.516 e. The number of fused-ring (bicyclic) bond motifs is 3. The van der Waals surface area contributed by atoms with Gasteiger partial charge >= 0.3 is 0 Å². The van der Waals surface area contributed by atoms with Gasteiger partial charge in [-0.3, -0.25) is 0 Å². The molecule has 2 aromatic carbocycles. The summed E-state index contributed by atoms with van der Waals surface area (Å²) in [7, 11) is -4.33. The van der Waals surface area contributed by atoms with E-state index in [9.17, 15) is 23.0 Å². The molecule has 1 aliphatic carbocycles. The zero-order valence-corrected chi connectivity index (χ0v) is 16.6. The van der Waals surface area contributed by atoms with E-state index in [-0.39, 0.29) is 29.9 Å². The Bertz CT molecular complexity index is 1100. The van der Waals surface area contributed by atoms with Crippen LogP contribution in [0.3, 0.4) is 0 Å². The molecule has 5 nitrogen and oxygen atoms in total. The Labute approximate surface area is 171 Å². The van der Waals surface area contributed by atoms with Crippen molar-refractivity contribution in [3.8, 4) is 5.75 Å². The molecule has 29 heavy (non-hydrogen) atoms. The molecule has 154 valence electrons. The van der Waals surface area contributed by atoms with Crippen LogP contribution in [0.5, 0.6) is 5.75 Å². The molecule has 1 heterocycles. The highest BCUT2D eigenvalue weighted by Gasteiger charge is 2.61. The highest BCUT2D eigenvalue weighted by Crippen LogP contribution is 2.57. The van der Waals surface area contributed by atoms with Crippen molar-refractivity contribution in [1.29, 1.82) is 0 Å². The third-order valence-corrected chi connectivity index (χ3v) is 8.56. The van der Waals surface area contributed by atoms with Crippen LogP contribution >= 0.6 is 11.6 Å². The summed E-state index contributed by atoms with van der Waals surface area (Å²) in [5.74, 6) is -3.39. The molecule has 2 N–H and O–H groups in total. The maximum atomic E-state index is 15.0. The average Bonchev–Trinajstić information content (AvgIpc) is 2.70. The summed E-state index contributed by atoms with van der Waals surface area (Å²) < 4.78 is 60.7. The summed E-state index contributed by atoms with van der Waals surface area (Å²) in [6.07, 6.45) is -0.741. The quantitative estimate of drug-likeness (QED) is 0.689. The lowest BCUT2D eigenvalue weighted by Crippen LogP contribution is -2.54. The number of hydrogen-bond acceptors (Lipinski definition) is 5. The Morgan fingerprint density at radius 2 is 1.79 bits per heavy atom.